The van der Waals surface area contributed by atoms with Gasteiger partial charge in [-0.15, -0.1) is 5.10 Å². The van der Waals surface area contributed by atoms with Crippen LogP contribution in [-0.4, -0.2) is 21.0 Å². The molecule has 1 aromatic rings. The quantitative estimate of drug-likeness (QED) is 0.879. The number of hydrogen-bond acceptors (Lipinski definition) is 4. The van der Waals surface area contributed by atoms with Crippen LogP contribution in [0.15, 0.2) is 6.20 Å². The van der Waals surface area contributed by atoms with Crippen molar-refractivity contribution in [3.8, 4) is 6.07 Å². The van der Waals surface area contributed by atoms with Gasteiger partial charge in [-0.05, 0) is 51.4 Å². The Kier molecular flexibility index (Phi) is 4.58. The third kappa shape index (κ3) is 3.21. The van der Waals surface area contributed by atoms with Crippen LogP contribution in [0, 0.1) is 17.2 Å². The molecule has 1 heterocycles. The minimum atomic E-state index is -0.413. The molecule has 0 spiro atoms. The van der Waals surface area contributed by atoms with Crippen LogP contribution in [0.3, 0.4) is 0 Å². The van der Waals surface area contributed by atoms with Gasteiger partial charge in [-0.25, -0.2) is 4.68 Å². The summed E-state index contributed by atoms with van der Waals surface area (Å²) < 4.78 is 1.84. The highest BCUT2D eigenvalue weighted by atomic mass is 15.5. The fourth-order valence-corrected chi connectivity index (χ4v) is 4.97. The van der Waals surface area contributed by atoms with Crippen LogP contribution in [0.1, 0.15) is 89.7 Å². The van der Waals surface area contributed by atoms with E-state index in [2.05, 4.69) is 34.8 Å². The zero-order valence-electron chi connectivity index (χ0n) is 15.5. The van der Waals surface area contributed by atoms with E-state index in [0.717, 1.165) is 18.5 Å². The zero-order chi connectivity index (χ0) is 17.3. The van der Waals surface area contributed by atoms with Gasteiger partial charge in [0.2, 0.25) is 0 Å². The lowest BCUT2D eigenvalue weighted by atomic mass is 9.73. The van der Waals surface area contributed by atoms with Crippen LogP contribution in [0.5, 0.6) is 0 Å². The lowest BCUT2D eigenvalue weighted by Gasteiger charge is -2.42. The Balaban J connectivity index is 1.61. The average Bonchev–Trinajstić information content (AvgIpc) is 3.30. The predicted molar refractivity (Wildman–Crippen MR) is 96.8 cm³/mol. The van der Waals surface area contributed by atoms with Crippen LogP contribution >= 0.6 is 0 Å². The smallest absolute Gasteiger partial charge is 0.150 e. The molecular weight excluding hydrogens is 310 g/mol. The summed E-state index contributed by atoms with van der Waals surface area (Å²) in [6.07, 6.45) is 17.0. The number of aromatic nitrogens is 3. The fourth-order valence-electron chi connectivity index (χ4n) is 4.97. The molecule has 3 fully saturated rings. The number of nitriles is 1. The lowest BCUT2D eigenvalue weighted by molar-refractivity contribution is 0.143. The molecular formula is C20H31N5. The molecule has 1 N–H and O–H groups in total. The van der Waals surface area contributed by atoms with E-state index in [9.17, 15) is 5.26 Å². The molecule has 25 heavy (non-hydrogen) atoms. The van der Waals surface area contributed by atoms with Gasteiger partial charge in [0.25, 0.3) is 0 Å². The summed E-state index contributed by atoms with van der Waals surface area (Å²) in [7, 11) is 0. The topological polar surface area (TPSA) is 66.5 Å². The minimum absolute atomic E-state index is 0.119. The summed E-state index contributed by atoms with van der Waals surface area (Å²) in [5.74, 6) is 0.616. The van der Waals surface area contributed by atoms with Crippen LogP contribution in [0.4, 0.5) is 0 Å². The van der Waals surface area contributed by atoms with Crippen molar-refractivity contribution in [3.05, 3.63) is 11.9 Å². The summed E-state index contributed by atoms with van der Waals surface area (Å²) in [5, 5.41) is 22.5. The number of nitrogens with one attached hydrogen (secondary N) is 1. The standard InChI is InChI=1S/C20H31N5/c1-19(16-8-4-2-5-9-16,22-17-10-6-3-7-11-17)18-14-25(24-23-18)20(15-21)12-13-20/h14,16-17,22H,2-13H2,1H3/t19-/m0/s1. The zero-order valence-corrected chi connectivity index (χ0v) is 15.5. The van der Waals surface area contributed by atoms with Gasteiger partial charge in [0.05, 0.1) is 17.8 Å². The molecule has 1 atom stereocenters. The van der Waals surface area contributed by atoms with E-state index >= 15 is 0 Å². The third-order valence-electron chi connectivity index (χ3n) is 6.93. The average molecular weight is 342 g/mol. The first kappa shape index (κ1) is 17.0. The van der Waals surface area contributed by atoms with Crippen molar-refractivity contribution in [2.75, 3.05) is 0 Å². The molecule has 3 aliphatic rings. The molecule has 5 nitrogen and oxygen atoms in total. The van der Waals surface area contributed by atoms with Crippen molar-refractivity contribution in [1.82, 2.24) is 20.3 Å². The highest BCUT2D eigenvalue weighted by Crippen LogP contribution is 2.44. The van der Waals surface area contributed by atoms with Gasteiger partial charge in [-0.1, -0.05) is 43.7 Å². The molecule has 136 valence electrons. The monoisotopic (exact) mass is 341 g/mol. The maximum Gasteiger partial charge on any atom is 0.150 e. The van der Waals surface area contributed by atoms with E-state index in [1.165, 1.54) is 64.2 Å². The molecule has 3 saturated carbocycles. The van der Waals surface area contributed by atoms with Gasteiger partial charge >= 0.3 is 0 Å². The van der Waals surface area contributed by atoms with Gasteiger partial charge in [0, 0.05) is 6.04 Å². The molecule has 0 amide bonds. The molecule has 0 saturated heterocycles. The fraction of sp³-hybridized carbons (Fsp3) is 0.850. The molecule has 1 aromatic heterocycles. The Morgan fingerprint density at radius 1 is 1.12 bits per heavy atom. The Bertz CT molecular complexity index is 629. The van der Waals surface area contributed by atoms with E-state index in [1.54, 1.807) is 0 Å². The molecule has 5 heteroatoms. The number of hydrogen-bond donors (Lipinski definition) is 1. The number of rotatable bonds is 5. The van der Waals surface area contributed by atoms with Crippen LogP contribution in [0.2, 0.25) is 0 Å². The molecule has 0 aliphatic heterocycles. The van der Waals surface area contributed by atoms with E-state index in [1.807, 2.05) is 4.68 Å². The van der Waals surface area contributed by atoms with Gasteiger partial charge < -0.3 is 5.32 Å². The van der Waals surface area contributed by atoms with Crippen molar-refractivity contribution in [1.29, 1.82) is 5.26 Å². The van der Waals surface area contributed by atoms with E-state index in [0.29, 0.717) is 12.0 Å². The highest BCUT2D eigenvalue weighted by molar-refractivity contribution is 5.20. The van der Waals surface area contributed by atoms with Crippen molar-refractivity contribution in [3.63, 3.8) is 0 Å². The maximum absolute atomic E-state index is 9.48. The third-order valence-corrected chi connectivity index (χ3v) is 6.93. The maximum atomic E-state index is 9.48. The first-order chi connectivity index (χ1) is 12.2. The van der Waals surface area contributed by atoms with Crippen LogP contribution < -0.4 is 5.32 Å². The second kappa shape index (κ2) is 6.72. The van der Waals surface area contributed by atoms with Crippen molar-refractivity contribution in [2.45, 2.75) is 101 Å². The van der Waals surface area contributed by atoms with E-state index < -0.39 is 5.54 Å². The van der Waals surface area contributed by atoms with Gasteiger partial charge in [-0.3, -0.25) is 0 Å². The summed E-state index contributed by atoms with van der Waals surface area (Å²) >= 11 is 0. The summed E-state index contributed by atoms with van der Waals surface area (Å²) in [4.78, 5) is 0. The second-order valence-corrected chi connectivity index (χ2v) is 8.71. The van der Waals surface area contributed by atoms with Gasteiger partial charge in [0.1, 0.15) is 5.69 Å². The van der Waals surface area contributed by atoms with E-state index in [4.69, 9.17) is 0 Å². The first-order valence-electron chi connectivity index (χ1n) is 10.3. The molecule has 0 aromatic carbocycles. The Morgan fingerprint density at radius 2 is 1.76 bits per heavy atom. The van der Waals surface area contributed by atoms with Gasteiger partial charge in [0.15, 0.2) is 5.54 Å². The van der Waals surface area contributed by atoms with Crippen molar-refractivity contribution in [2.24, 2.45) is 5.92 Å². The second-order valence-electron chi connectivity index (χ2n) is 8.71. The summed E-state index contributed by atoms with van der Waals surface area (Å²) in [5.41, 5.74) is 0.516. The molecule has 0 bridgehead atoms. The van der Waals surface area contributed by atoms with Crippen molar-refractivity contribution >= 4 is 0 Å². The number of nitrogens with zero attached hydrogens (tertiary/aromatic N) is 4. The molecule has 0 unspecified atom stereocenters. The Morgan fingerprint density at radius 3 is 2.36 bits per heavy atom. The summed E-state index contributed by atoms with van der Waals surface area (Å²) in [6.45, 7) is 2.35. The SMILES string of the molecule is C[C@@](NC1CCCCC1)(c1cn(C2(C#N)CC2)nn1)C1CCCCC1. The van der Waals surface area contributed by atoms with Crippen molar-refractivity contribution < 1.29 is 0 Å². The summed E-state index contributed by atoms with van der Waals surface area (Å²) in [6, 6.07) is 3.03. The largest absolute Gasteiger partial charge is 0.303 e. The Labute approximate surface area is 151 Å². The predicted octanol–water partition coefficient (Wildman–Crippen LogP) is 4.01. The van der Waals surface area contributed by atoms with Crippen LogP contribution in [-0.2, 0) is 11.1 Å². The van der Waals surface area contributed by atoms with Crippen LogP contribution in [0.25, 0.3) is 0 Å². The Hall–Kier alpha value is -1.41. The first-order valence-corrected chi connectivity index (χ1v) is 10.3. The normalized spacial score (nSPS) is 26.7. The molecule has 0 radical (unpaired) electrons. The van der Waals surface area contributed by atoms with E-state index in [-0.39, 0.29) is 5.54 Å². The highest BCUT2D eigenvalue weighted by Gasteiger charge is 2.48. The lowest BCUT2D eigenvalue weighted by Crippen LogP contribution is -2.52. The van der Waals surface area contributed by atoms with Gasteiger partial charge in [-0.2, -0.15) is 5.26 Å². The molecule has 3 aliphatic carbocycles. The molecule has 4 rings (SSSR count). The minimum Gasteiger partial charge on any atom is -0.303 e.